The minimum atomic E-state index is 0.0914. The number of hydrogen-bond acceptors (Lipinski definition) is 2. The Bertz CT molecular complexity index is 228. The van der Waals surface area contributed by atoms with Crippen molar-refractivity contribution in [1.29, 1.82) is 0 Å². The first-order valence-electron chi connectivity index (χ1n) is 7.10. The molecule has 1 rings (SSSR count). The van der Waals surface area contributed by atoms with Gasteiger partial charge in [0.1, 0.15) is 0 Å². The fourth-order valence-corrected chi connectivity index (χ4v) is 2.36. The molecule has 1 aliphatic rings. The van der Waals surface area contributed by atoms with Crippen molar-refractivity contribution in [1.82, 2.24) is 10.6 Å². The first kappa shape index (κ1) is 14.5. The molecule has 1 amide bonds. The van der Waals surface area contributed by atoms with Crippen LogP contribution in [0.3, 0.4) is 0 Å². The van der Waals surface area contributed by atoms with E-state index in [9.17, 15) is 4.79 Å². The second kappa shape index (κ2) is 7.70. The summed E-state index contributed by atoms with van der Waals surface area (Å²) in [5.41, 5.74) is 0. The average Bonchev–Trinajstić information content (AvgIpc) is 2.49. The molecule has 0 bridgehead atoms. The molecule has 2 N–H and O–H groups in total. The van der Waals surface area contributed by atoms with Crippen molar-refractivity contribution in [3.63, 3.8) is 0 Å². The zero-order valence-electron chi connectivity index (χ0n) is 11.6. The van der Waals surface area contributed by atoms with Crippen LogP contribution in [0, 0.1) is 11.8 Å². The van der Waals surface area contributed by atoms with E-state index >= 15 is 0 Å². The number of amides is 1. The molecule has 2 unspecified atom stereocenters. The SMILES string of the molecule is CC1CCCC(NCCNC(=O)C(C)C)CC1. The Labute approximate surface area is 106 Å². The summed E-state index contributed by atoms with van der Waals surface area (Å²) in [7, 11) is 0. The van der Waals surface area contributed by atoms with Crippen molar-refractivity contribution >= 4 is 5.91 Å². The quantitative estimate of drug-likeness (QED) is 0.572. The Balaban J connectivity index is 2.08. The summed E-state index contributed by atoms with van der Waals surface area (Å²) in [6.07, 6.45) is 6.65. The highest BCUT2D eigenvalue weighted by Crippen LogP contribution is 2.22. The molecule has 0 aromatic rings. The predicted molar refractivity (Wildman–Crippen MR) is 71.9 cm³/mol. The van der Waals surface area contributed by atoms with Gasteiger partial charge in [0.05, 0.1) is 0 Å². The van der Waals surface area contributed by atoms with Gasteiger partial charge < -0.3 is 10.6 Å². The lowest BCUT2D eigenvalue weighted by Gasteiger charge is -2.16. The van der Waals surface area contributed by atoms with E-state index in [4.69, 9.17) is 0 Å². The van der Waals surface area contributed by atoms with Crippen LogP contribution in [-0.4, -0.2) is 25.0 Å². The summed E-state index contributed by atoms with van der Waals surface area (Å²) in [6.45, 7) is 7.86. The van der Waals surface area contributed by atoms with E-state index in [-0.39, 0.29) is 11.8 Å². The van der Waals surface area contributed by atoms with Crippen LogP contribution in [0.15, 0.2) is 0 Å². The first-order valence-corrected chi connectivity index (χ1v) is 7.10. The number of hydrogen-bond donors (Lipinski definition) is 2. The number of nitrogens with one attached hydrogen (secondary N) is 2. The highest BCUT2D eigenvalue weighted by Gasteiger charge is 2.15. The molecule has 0 spiro atoms. The van der Waals surface area contributed by atoms with Crippen LogP contribution in [0.2, 0.25) is 0 Å². The van der Waals surface area contributed by atoms with E-state index in [0.717, 1.165) is 19.0 Å². The highest BCUT2D eigenvalue weighted by atomic mass is 16.1. The van der Waals surface area contributed by atoms with E-state index in [1.807, 2.05) is 13.8 Å². The Morgan fingerprint density at radius 2 is 1.94 bits per heavy atom. The molecule has 1 aliphatic carbocycles. The molecule has 100 valence electrons. The van der Waals surface area contributed by atoms with Crippen molar-refractivity contribution in [2.75, 3.05) is 13.1 Å². The van der Waals surface area contributed by atoms with Gasteiger partial charge in [0.15, 0.2) is 0 Å². The molecule has 1 fully saturated rings. The van der Waals surface area contributed by atoms with Crippen molar-refractivity contribution in [3.05, 3.63) is 0 Å². The van der Waals surface area contributed by atoms with Gasteiger partial charge in [-0.2, -0.15) is 0 Å². The van der Waals surface area contributed by atoms with Crippen molar-refractivity contribution < 1.29 is 4.79 Å². The topological polar surface area (TPSA) is 41.1 Å². The molecule has 3 nitrogen and oxygen atoms in total. The van der Waals surface area contributed by atoms with Gasteiger partial charge in [-0.15, -0.1) is 0 Å². The molecular weight excluding hydrogens is 212 g/mol. The van der Waals surface area contributed by atoms with Crippen LogP contribution in [0.4, 0.5) is 0 Å². The van der Waals surface area contributed by atoms with Crippen LogP contribution < -0.4 is 10.6 Å². The van der Waals surface area contributed by atoms with Crippen molar-refractivity contribution in [2.24, 2.45) is 11.8 Å². The summed E-state index contributed by atoms with van der Waals surface area (Å²) >= 11 is 0. The highest BCUT2D eigenvalue weighted by molar-refractivity contribution is 5.77. The van der Waals surface area contributed by atoms with Gasteiger partial charge in [-0.1, -0.05) is 33.6 Å². The Morgan fingerprint density at radius 1 is 1.18 bits per heavy atom. The minimum absolute atomic E-state index is 0.0914. The summed E-state index contributed by atoms with van der Waals surface area (Å²) in [5, 5.41) is 6.51. The summed E-state index contributed by atoms with van der Waals surface area (Å²) in [4.78, 5) is 11.4. The van der Waals surface area contributed by atoms with Gasteiger partial charge in [0.2, 0.25) is 5.91 Å². The summed E-state index contributed by atoms with van der Waals surface area (Å²) in [6, 6.07) is 0.663. The van der Waals surface area contributed by atoms with Gasteiger partial charge in [-0.25, -0.2) is 0 Å². The second-order valence-corrected chi connectivity index (χ2v) is 5.71. The third-order valence-electron chi connectivity index (χ3n) is 3.64. The lowest BCUT2D eigenvalue weighted by atomic mass is 10.0. The maximum absolute atomic E-state index is 11.4. The zero-order valence-corrected chi connectivity index (χ0v) is 11.6. The Kier molecular flexibility index (Phi) is 6.56. The maximum Gasteiger partial charge on any atom is 0.222 e. The minimum Gasteiger partial charge on any atom is -0.355 e. The van der Waals surface area contributed by atoms with Crippen LogP contribution in [0.25, 0.3) is 0 Å². The third-order valence-corrected chi connectivity index (χ3v) is 3.64. The van der Waals surface area contributed by atoms with Gasteiger partial charge in [0, 0.05) is 25.0 Å². The Hall–Kier alpha value is -0.570. The van der Waals surface area contributed by atoms with E-state index < -0.39 is 0 Å². The van der Waals surface area contributed by atoms with Crippen LogP contribution >= 0.6 is 0 Å². The average molecular weight is 240 g/mol. The largest absolute Gasteiger partial charge is 0.355 e. The standard InChI is InChI=1S/C14H28N2O/c1-11(2)14(17)16-10-9-15-13-6-4-5-12(3)7-8-13/h11-13,15H,4-10H2,1-3H3,(H,16,17). The number of rotatable bonds is 5. The molecule has 17 heavy (non-hydrogen) atoms. The van der Waals surface area contributed by atoms with Crippen LogP contribution in [0.5, 0.6) is 0 Å². The molecule has 0 aromatic heterocycles. The van der Waals surface area contributed by atoms with E-state index in [0.29, 0.717) is 6.04 Å². The van der Waals surface area contributed by atoms with E-state index in [1.54, 1.807) is 0 Å². The summed E-state index contributed by atoms with van der Waals surface area (Å²) in [5.74, 6) is 1.14. The Morgan fingerprint density at radius 3 is 2.65 bits per heavy atom. The molecular formula is C14H28N2O. The number of carbonyl (C=O) groups excluding carboxylic acids is 1. The molecule has 0 saturated heterocycles. The van der Waals surface area contributed by atoms with E-state index in [2.05, 4.69) is 17.6 Å². The molecule has 1 saturated carbocycles. The summed E-state index contributed by atoms with van der Waals surface area (Å²) < 4.78 is 0. The van der Waals surface area contributed by atoms with Crippen LogP contribution in [0.1, 0.15) is 52.9 Å². The molecule has 0 aromatic carbocycles. The third kappa shape index (κ3) is 6.06. The molecule has 3 heteroatoms. The predicted octanol–water partition coefficient (Wildman–Crippen LogP) is 2.32. The normalized spacial score (nSPS) is 25.6. The maximum atomic E-state index is 11.4. The van der Waals surface area contributed by atoms with Gasteiger partial charge in [-0.05, 0) is 25.2 Å². The van der Waals surface area contributed by atoms with Gasteiger partial charge in [-0.3, -0.25) is 4.79 Å². The number of carbonyl (C=O) groups is 1. The molecule has 0 radical (unpaired) electrons. The van der Waals surface area contributed by atoms with Gasteiger partial charge >= 0.3 is 0 Å². The monoisotopic (exact) mass is 240 g/mol. The fraction of sp³-hybridized carbons (Fsp3) is 0.929. The zero-order chi connectivity index (χ0) is 12.7. The molecule has 2 atom stereocenters. The first-order chi connectivity index (χ1) is 8.09. The van der Waals surface area contributed by atoms with Gasteiger partial charge in [0.25, 0.3) is 0 Å². The molecule has 0 heterocycles. The van der Waals surface area contributed by atoms with Crippen molar-refractivity contribution in [3.8, 4) is 0 Å². The van der Waals surface area contributed by atoms with E-state index in [1.165, 1.54) is 32.1 Å². The second-order valence-electron chi connectivity index (χ2n) is 5.71. The fourth-order valence-electron chi connectivity index (χ4n) is 2.36. The lowest BCUT2D eigenvalue weighted by molar-refractivity contribution is -0.123. The van der Waals surface area contributed by atoms with Crippen molar-refractivity contribution in [2.45, 2.75) is 58.9 Å². The molecule has 0 aliphatic heterocycles. The smallest absolute Gasteiger partial charge is 0.222 e. The van der Waals surface area contributed by atoms with Crippen LogP contribution in [-0.2, 0) is 4.79 Å². The lowest BCUT2D eigenvalue weighted by Crippen LogP contribution is -2.38.